The van der Waals surface area contributed by atoms with E-state index in [2.05, 4.69) is 13.2 Å². The number of benzene rings is 2. The fourth-order valence-corrected chi connectivity index (χ4v) is 8.64. The molecule has 3 saturated carbocycles. The first-order valence-corrected chi connectivity index (χ1v) is 24.1. The van der Waals surface area contributed by atoms with Gasteiger partial charge in [-0.3, -0.25) is 28.8 Å². The van der Waals surface area contributed by atoms with Crippen LogP contribution in [-0.4, -0.2) is 96.3 Å². The van der Waals surface area contributed by atoms with E-state index >= 15 is 0 Å². The lowest BCUT2D eigenvalue weighted by atomic mass is 9.81. The van der Waals surface area contributed by atoms with Crippen molar-refractivity contribution >= 4 is 59.7 Å². The van der Waals surface area contributed by atoms with Gasteiger partial charge in [-0.15, -0.1) is 0 Å². The van der Waals surface area contributed by atoms with Gasteiger partial charge in [-0.05, 0) is 133 Å². The van der Waals surface area contributed by atoms with Crippen LogP contribution in [0.4, 0.5) is 0 Å². The molecular weight excluding hydrogens is 945 g/mol. The molecule has 2 aromatic carbocycles. The number of carboxylic acid groups (broad SMARTS) is 2. The van der Waals surface area contributed by atoms with E-state index in [1.807, 2.05) is 0 Å². The zero-order chi connectivity index (χ0) is 52.2. The minimum Gasteiger partial charge on any atom is -0.478 e. The predicted molar refractivity (Wildman–Crippen MR) is 248 cm³/mol. The van der Waals surface area contributed by atoms with Crippen molar-refractivity contribution in [1.29, 1.82) is 0 Å². The van der Waals surface area contributed by atoms with Gasteiger partial charge in [0.1, 0.15) is 34.1 Å². The van der Waals surface area contributed by atoms with Crippen molar-refractivity contribution in [2.45, 2.75) is 103 Å². The number of esters is 8. The van der Waals surface area contributed by atoms with Gasteiger partial charge in [0.2, 0.25) is 0 Å². The molecule has 0 radical (unpaired) electrons. The van der Waals surface area contributed by atoms with E-state index in [4.69, 9.17) is 37.9 Å². The van der Waals surface area contributed by atoms with E-state index in [9.17, 15) is 58.2 Å². The quantitative estimate of drug-likeness (QED) is 0.0354. The molecule has 3 aliphatic carbocycles. The number of carboxylic acids is 2. The van der Waals surface area contributed by atoms with Crippen molar-refractivity contribution in [3.63, 3.8) is 0 Å². The average Bonchev–Trinajstić information content (AvgIpc) is 3.38. The van der Waals surface area contributed by atoms with Gasteiger partial charge in [-0.25, -0.2) is 19.2 Å². The third kappa shape index (κ3) is 16.9. The molecule has 2 aromatic rings. The monoisotopic (exact) mass is 1000 g/mol. The fraction of sp³-hybridized carbons (Fsp3) is 0.500. The molecule has 0 spiro atoms. The first-order valence-electron chi connectivity index (χ1n) is 24.1. The van der Waals surface area contributed by atoms with E-state index in [0.29, 0.717) is 96.3 Å². The van der Waals surface area contributed by atoms with Gasteiger partial charge in [0.25, 0.3) is 0 Å². The Bertz CT molecular complexity index is 2180. The van der Waals surface area contributed by atoms with Crippen LogP contribution in [0.5, 0.6) is 23.0 Å². The summed E-state index contributed by atoms with van der Waals surface area (Å²) >= 11 is 0. The van der Waals surface area contributed by atoms with Crippen molar-refractivity contribution in [2.24, 2.45) is 35.5 Å². The summed E-state index contributed by atoms with van der Waals surface area (Å²) in [5.41, 5.74) is -0.871. The minimum atomic E-state index is -1.45. The summed E-state index contributed by atoms with van der Waals surface area (Å²) < 4.78 is 42.5. The molecule has 0 bridgehead atoms. The lowest BCUT2D eigenvalue weighted by Crippen LogP contribution is -2.32. The van der Waals surface area contributed by atoms with E-state index in [1.54, 1.807) is 0 Å². The summed E-state index contributed by atoms with van der Waals surface area (Å²) in [6.07, 6.45) is 8.01. The highest BCUT2D eigenvalue weighted by Gasteiger charge is 2.36. The summed E-state index contributed by atoms with van der Waals surface area (Å²) in [4.78, 5) is 125. The molecule has 0 heterocycles. The Morgan fingerprint density at radius 3 is 1.08 bits per heavy atom. The normalized spacial score (nSPS) is 20.5. The SMILES string of the molecule is C=CC(=O)OCCCCOC(=O)C1CCC(C(=O)Oc2ccc(OC(=O)C3CCCC(C(=O)Oc4ccc(OC(=O)C5CCC(C(=O)OCCCCOC(=O)C=C)CC5)c(C(=O)O)c4)C3)cc2C(=O)O)CC1. The van der Waals surface area contributed by atoms with Crippen molar-refractivity contribution in [3.05, 3.63) is 72.8 Å². The van der Waals surface area contributed by atoms with Crippen molar-refractivity contribution < 1.29 is 96.1 Å². The molecule has 20 heteroatoms. The van der Waals surface area contributed by atoms with Crippen LogP contribution < -0.4 is 18.9 Å². The lowest BCUT2D eigenvalue weighted by Gasteiger charge is -2.27. The Kier molecular flexibility index (Phi) is 21.5. The molecule has 5 rings (SSSR count). The van der Waals surface area contributed by atoms with E-state index in [0.717, 1.165) is 24.3 Å². The van der Waals surface area contributed by atoms with Gasteiger partial charge in [0.15, 0.2) is 0 Å². The fourth-order valence-electron chi connectivity index (χ4n) is 8.64. The van der Waals surface area contributed by atoms with Crippen LogP contribution in [0.2, 0.25) is 0 Å². The molecule has 0 aliphatic heterocycles. The second-order valence-corrected chi connectivity index (χ2v) is 17.8. The predicted octanol–water partition coefficient (Wildman–Crippen LogP) is 6.93. The number of carbonyl (C=O) groups is 10. The maximum atomic E-state index is 13.3. The largest absolute Gasteiger partial charge is 0.478 e. The maximum Gasteiger partial charge on any atom is 0.339 e. The van der Waals surface area contributed by atoms with Crippen LogP contribution in [0.3, 0.4) is 0 Å². The van der Waals surface area contributed by atoms with Crippen LogP contribution >= 0.6 is 0 Å². The highest BCUT2D eigenvalue weighted by molar-refractivity contribution is 5.94. The first kappa shape index (κ1) is 55.5. The molecule has 2 N–H and O–H groups in total. The molecule has 0 saturated heterocycles. The first-order chi connectivity index (χ1) is 34.6. The average molecular weight is 1010 g/mol. The topological polar surface area (TPSA) is 285 Å². The lowest BCUT2D eigenvalue weighted by molar-refractivity contribution is -0.152. The summed E-state index contributed by atoms with van der Waals surface area (Å²) in [5.74, 6) is -11.9. The highest BCUT2D eigenvalue weighted by Crippen LogP contribution is 2.36. The Morgan fingerprint density at radius 2 is 0.750 bits per heavy atom. The van der Waals surface area contributed by atoms with Crippen LogP contribution in [-0.2, 0) is 57.3 Å². The molecule has 388 valence electrons. The molecule has 3 fully saturated rings. The summed E-state index contributed by atoms with van der Waals surface area (Å²) in [6, 6.07) is 7.08. The van der Waals surface area contributed by atoms with Gasteiger partial charge in [-0.1, -0.05) is 19.6 Å². The van der Waals surface area contributed by atoms with Gasteiger partial charge < -0.3 is 48.1 Å². The number of hydrogen-bond donors (Lipinski definition) is 2. The number of rotatable bonds is 24. The minimum absolute atomic E-state index is 0.0185. The van der Waals surface area contributed by atoms with Gasteiger partial charge >= 0.3 is 59.7 Å². The highest BCUT2D eigenvalue weighted by atomic mass is 16.6. The van der Waals surface area contributed by atoms with Crippen molar-refractivity contribution in [3.8, 4) is 23.0 Å². The molecule has 0 aromatic heterocycles. The zero-order valence-electron chi connectivity index (χ0n) is 39.9. The third-order valence-electron chi connectivity index (χ3n) is 12.7. The molecule has 3 aliphatic rings. The second kappa shape index (κ2) is 27.9. The van der Waals surface area contributed by atoms with Gasteiger partial charge in [0, 0.05) is 12.2 Å². The molecule has 72 heavy (non-hydrogen) atoms. The molecule has 2 unspecified atom stereocenters. The van der Waals surface area contributed by atoms with E-state index < -0.39 is 94.4 Å². The molecule has 20 nitrogen and oxygen atoms in total. The maximum absolute atomic E-state index is 13.3. The zero-order valence-corrected chi connectivity index (χ0v) is 39.9. The van der Waals surface area contributed by atoms with Gasteiger partial charge in [-0.2, -0.15) is 0 Å². The summed E-state index contributed by atoms with van der Waals surface area (Å²) in [5, 5.41) is 19.9. The Morgan fingerprint density at radius 1 is 0.431 bits per heavy atom. The Hall–Kier alpha value is -7.38. The number of ether oxygens (including phenoxy) is 8. The van der Waals surface area contributed by atoms with Crippen LogP contribution in [0.1, 0.15) is 123 Å². The molecule has 0 amide bonds. The van der Waals surface area contributed by atoms with Crippen molar-refractivity contribution in [1.82, 2.24) is 0 Å². The molecular formula is C52H60O20. The van der Waals surface area contributed by atoms with Gasteiger partial charge in [0.05, 0.1) is 61.9 Å². The Labute approximate surface area is 415 Å². The summed E-state index contributed by atoms with van der Waals surface area (Å²) in [7, 11) is 0. The molecule has 2 atom stereocenters. The second-order valence-electron chi connectivity index (χ2n) is 17.8. The van der Waals surface area contributed by atoms with E-state index in [1.165, 1.54) is 24.3 Å². The summed E-state index contributed by atoms with van der Waals surface area (Å²) in [6.45, 7) is 7.30. The van der Waals surface area contributed by atoms with Crippen LogP contribution in [0.15, 0.2) is 61.7 Å². The van der Waals surface area contributed by atoms with Crippen molar-refractivity contribution in [2.75, 3.05) is 26.4 Å². The van der Waals surface area contributed by atoms with Crippen LogP contribution in [0.25, 0.3) is 0 Å². The third-order valence-corrected chi connectivity index (χ3v) is 12.7. The number of hydrogen-bond acceptors (Lipinski definition) is 18. The van der Waals surface area contributed by atoms with E-state index in [-0.39, 0.29) is 67.8 Å². The smallest absolute Gasteiger partial charge is 0.339 e. The van der Waals surface area contributed by atoms with Crippen LogP contribution in [0, 0.1) is 35.5 Å². The Balaban J connectivity index is 1.05. The number of unbranched alkanes of at least 4 members (excludes halogenated alkanes) is 2. The standard InChI is InChI=1S/C52H60O20/c1-3-43(53)65-24-5-7-26-67-47(59)31-12-16-33(17-13-31)49(61)71-41-22-20-37(29-39(41)45(55)56)69-51(63)35-10-9-11-36(28-35)52(64)70-38-21-23-42(40(30-38)46(57)58)72-50(62)34-18-14-32(15-19-34)48(60)68-27-8-6-25-66-44(54)4-2/h3-4,20-23,29-36H,1-2,5-19,24-28H2,(H,55,56)(H,57,58). The number of carbonyl (C=O) groups excluding carboxylic acids is 8. The number of aromatic carboxylic acids is 2.